The van der Waals surface area contributed by atoms with Crippen LogP contribution in [0.5, 0.6) is 0 Å². The number of aliphatic hydroxyl groups is 1. The first-order chi connectivity index (χ1) is 7.09. The van der Waals surface area contributed by atoms with E-state index in [0.717, 1.165) is 30.4 Å². The molecule has 0 fully saturated rings. The quantitative estimate of drug-likeness (QED) is 0.811. The second-order valence-corrected chi connectivity index (χ2v) is 4.14. The zero-order valence-corrected chi connectivity index (χ0v) is 8.79. The largest absolute Gasteiger partial charge is 0.479 e. The lowest BCUT2D eigenvalue weighted by molar-refractivity contribution is -0.146. The molecule has 0 aromatic heterocycles. The second-order valence-electron chi connectivity index (χ2n) is 3.73. The zero-order chi connectivity index (χ0) is 11.0. The number of carboxylic acid groups (broad SMARTS) is 1. The lowest BCUT2D eigenvalue weighted by atomic mass is 10.0. The first kappa shape index (κ1) is 10.5. The van der Waals surface area contributed by atoms with Gasteiger partial charge in [-0.05, 0) is 42.0 Å². The standard InChI is InChI=1S/C11H11ClO3/c12-9-5-7(10(13)11(14)15)4-6-2-1-3-8(6)9/h4-5,10,13H,1-3H2,(H,14,15). The molecule has 0 saturated heterocycles. The highest BCUT2D eigenvalue weighted by molar-refractivity contribution is 6.31. The summed E-state index contributed by atoms with van der Waals surface area (Å²) in [4.78, 5) is 10.6. The SMILES string of the molecule is O=C(O)C(O)c1cc(Cl)c2c(c1)CCC2. The molecular weight excluding hydrogens is 216 g/mol. The number of aliphatic carboxylic acids is 1. The molecule has 2 rings (SSSR count). The maximum absolute atomic E-state index is 10.6. The number of benzene rings is 1. The highest BCUT2D eigenvalue weighted by atomic mass is 35.5. The molecule has 0 spiro atoms. The van der Waals surface area contributed by atoms with Crippen molar-refractivity contribution < 1.29 is 15.0 Å². The summed E-state index contributed by atoms with van der Waals surface area (Å²) in [7, 11) is 0. The Morgan fingerprint density at radius 2 is 2.13 bits per heavy atom. The molecule has 0 heterocycles. The highest BCUT2D eigenvalue weighted by Gasteiger charge is 2.21. The van der Waals surface area contributed by atoms with Gasteiger partial charge in [-0.15, -0.1) is 0 Å². The number of aliphatic hydroxyl groups excluding tert-OH is 1. The van der Waals surface area contributed by atoms with E-state index < -0.39 is 12.1 Å². The van der Waals surface area contributed by atoms with Crippen molar-refractivity contribution in [2.75, 3.05) is 0 Å². The van der Waals surface area contributed by atoms with Crippen LogP contribution < -0.4 is 0 Å². The Kier molecular flexibility index (Phi) is 2.67. The number of hydrogen-bond donors (Lipinski definition) is 2. The first-order valence-corrected chi connectivity index (χ1v) is 5.19. The highest BCUT2D eigenvalue weighted by Crippen LogP contribution is 2.32. The minimum atomic E-state index is -1.48. The summed E-state index contributed by atoms with van der Waals surface area (Å²) in [6, 6.07) is 3.29. The molecule has 2 N–H and O–H groups in total. The van der Waals surface area contributed by atoms with E-state index in [1.54, 1.807) is 12.1 Å². The first-order valence-electron chi connectivity index (χ1n) is 4.81. The average molecular weight is 227 g/mol. The monoisotopic (exact) mass is 226 g/mol. The number of hydrogen-bond acceptors (Lipinski definition) is 2. The molecular formula is C11H11ClO3. The van der Waals surface area contributed by atoms with Gasteiger partial charge in [-0.3, -0.25) is 0 Å². The van der Waals surface area contributed by atoms with E-state index in [-0.39, 0.29) is 0 Å². The molecule has 3 nitrogen and oxygen atoms in total. The fourth-order valence-electron chi connectivity index (χ4n) is 1.98. The van der Waals surface area contributed by atoms with Gasteiger partial charge in [-0.2, -0.15) is 0 Å². The fourth-order valence-corrected chi connectivity index (χ4v) is 2.32. The predicted molar refractivity (Wildman–Crippen MR) is 56.1 cm³/mol. The van der Waals surface area contributed by atoms with Crippen LogP contribution in [0.25, 0.3) is 0 Å². The topological polar surface area (TPSA) is 57.5 Å². The Morgan fingerprint density at radius 1 is 1.40 bits per heavy atom. The van der Waals surface area contributed by atoms with E-state index in [1.807, 2.05) is 0 Å². The number of carboxylic acids is 1. The van der Waals surface area contributed by atoms with Crippen LogP contribution in [0.2, 0.25) is 5.02 Å². The number of fused-ring (bicyclic) bond motifs is 1. The van der Waals surface area contributed by atoms with Gasteiger partial charge in [0.2, 0.25) is 0 Å². The van der Waals surface area contributed by atoms with Gasteiger partial charge < -0.3 is 10.2 Å². The van der Waals surface area contributed by atoms with Gasteiger partial charge in [0.15, 0.2) is 6.10 Å². The van der Waals surface area contributed by atoms with E-state index in [2.05, 4.69) is 0 Å². The van der Waals surface area contributed by atoms with Crippen LogP contribution in [0.4, 0.5) is 0 Å². The van der Waals surface area contributed by atoms with E-state index in [9.17, 15) is 9.90 Å². The van der Waals surface area contributed by atoms with E-state index >= 15 is 0 Å². The molecule has 0 bridgehead atoms. The minimum absolute atomic E-state index is 0.369. The summed E-state index contributed by atoms with van der Waals surface area (Å²) in [5.74, 6) is -1.25. The van der Waals surface area contributed by atoms with Crippen molar-refractivity contribution in [3.8, 4) is 0 Å². The summed E-state index contributed by atoms with van der Waals surface area (Å²) >= 11 is 6.02. The maximum atomic E-state index is 10.6. The van der Waals surface area contributed by atoms with Crippen molar-refractivity contribution in [1.82, 2.24) is 0 Å². The zero-order valence-electron chi connectivity index (χ0n) is 8.03. The molecule has 80 valence electrons. The van der Waals surface area contributed by atoms with Crippen LogP contribution in [0.1, 0.15) is 29.2 Å². The summed E-state index contributed by atoms with van der Waals surface area (Å²) < 4.78 is 0. The molecule has 1 aliphatic carbocycles. The molecule has 1 aromatic rings. The van der Waals surface area contributed by atoms with Crippen LogP contribution in [-0.2, 0) is 17.6 Å². The normalized spacial score (nSPS) is 16.1. The van der Waals surface area contributed by atoms with Gasteiger partial charge in [-0.25, -0.2) is 4.79 Å². The predicted octanol–water partition coefficient (Wildman–Crippen LogP) is 1.95. The third-order valence-electron chi connectivity index (χ3n) is 2.73. The second kappa shape index (κ2) is 3.83. The molecule has 4 heteroatoms. The molecule has 1 aromatic carbocycles. The van der Waals surface area contributed by atoms with Crippen molar-refractivity contribution in [3.05, 3.63) is 33.8 Å². The Bertz CT molecular complexity index is 415. The maximum Gasteiger partial charge on any atom is 0.337 e. The lowest BCUT2D eigenvalue weighted by Crippen LogP contribution is -2.10. The van der Waals surface area contributed by atoms with Crippen molar-refractivity contribution in [2.45, 2.75) is 25.4 Å². The number of halogens is 1. The Balaban J connectivity index is 2.43. The van der Waals surface area contributed by atoms with Gasteiger partial charge in [0, 0.05) is 5.02 Å². The van der Waals surface area contributed by atoms with Gasteiger partial charge in [0.1, 0.15) is 0 Å². The molecule has 15 heavy (non-hydrogen) atoms. The van der Waals surface area contributed by atoms with E-state index in [0.29, 0.717) is 10.6 Å². The van der Waals surface area contributed by atoms with Crippen LogP contribution in [0.15, 0.2) is 12.1 Å². The van der Waals surface area contributed by atoms with Crippen LogP contribution >= 0.6 is 11.6 Å². The van der Waals surface area contributed by atoms with Crippen molar-refractivity contribution in [2.24, 2.45) is 0 Å². The molecule has 0 amide bonds. The summed E-state index contributed by atoms with van der Waals surface area (Å²) in [6.45, 7) is 0. The van der Waals surface area contributed by atoms with Gasteiger partial charge in [-0.1, -0.05) is 17.7 Å². The number of carbonyl (C=O) groups is 1. The molecule has 0 radical (unpaired) electrons. The summed E-state index contributed by atoms with van der Waals surface area (Å²) in [5, 5.41) is 18.6. The third-order valence-corrected chi connectivity index (χ3v) is 3.07. The summed E-state index contributed by atoms with van der Waals surface area (Å²) in [6.07, 6.45) is 1.42. The molecule has 1 aliphatic rings. The molecule has 0 aliphatic heterocycles. The fraction of sp³-hybridized carbons (Fsp3) is 0.364. The van der Waals surface area contributed by atoms with Crippen LogP contribution in [0.3, 0.4) is 0 Å². The Labute approximate surface area is 92.3 Å². The smallest absolute Gasteiger partial charge is 0.337 e. The van der Waals surface area contributed by atoms with Crippen LogP contribution in [0, 0.1) is 0 Å². The van der Waals surface area contributed by atoms with E-state index in [1.165, 1.54) is 0 Å². The Hall–Kier alpha value is -1.06. The minimum Gasteiger partial charge on any atom is -0.479 e. The van der Waals surface area contributed by atoms with Crippen molar-refractivity contribution in [3.63, 3.8) is 0 Å². The van der Waals surface area contributed by atoms with Crippen molar-refractivity contribution >= 4 is 17.6 Å². The number of aryl methyl sites for hydroxylation is 1. The summed E-state index contributed by atoms with van der Waals surface area (Å²) in [5.41, 5.74) is 2.53. The lowest BCUT2D eigenvalue weighted by Gasteiger charge is -2.09. The molecule has 1 unspecified atom stereocenters. The van der Waals surface area contributed by atoms with Crippen LogP contribution in [-0.4, -0.2) is 16.2 Å². The average Bonchev–Trinajstić information content (AvgIpc) is 2.64. The van der Waals surface area contributed by atoms with Crippen molar-refractivity contribution in [1.29, 1.82) is 0 Å². The molecule has 1 atom stereocenters. The third kappa shape index (κ3) is 1.85. The van der Waals surface area contributed by atoms with E-state index in [4.69, 9.17) is 16.7 Å². The van der Waals surface area contributed by atoms with Gasteiger partial charge in [0.05, 0.1) is 0 Å². The number of rotatable bonds is 2. The van der Waals surface area contributed by atoms with Gasteiger partial charge in [0.25, 0.3) is 0 Å². The molecule has 0 saturated carbocycles. The van der Waals surface area contributed by atoms with Gasteiger partial charge >= 0.3 is 5.97 Å². The Morgan fingerprint density at radius 3 is 2.80 bits per heavy atom.